The second-order valence-electron chi connectivity index (χ2n) is 5.43. The summed E-state index contributed by atoms with van der Waals surface area (Å²) < 4.78 is 23.7. The molecule has 0 radical (unpaired) electrons. The SMILES string of the molecule is CCCOC(=O)C(C)(C)[PH](=O)c1ccccc1OCCC. The van der Waals surface area contributed by atoms with Gasteiger partial charge in [-0.25, -0.2) is 0 Å². The Morgan fingerprint density at radius 1 is 1.14 bits per heavy atom. The summed E-state index contributed by atoms with van der Waals surface area (Å²) in [7, 11) is -2.38. The summed E-state index contributed by atoms with van der Waals surface area (Å²) in [6, 6.07) is 7.21. The molecule has 1 unspecified atom stereocenters. The molecule has 0 bridgehead atoms. The van der Waals surface area contributed by atoms with Crippen molar-refractivity contribution >= 4 is 19.1 Å². The Labute approximate surface area is 127 Å². The maximum atomic E-state index is 12.9. The van der Waals surface area contributed by atoms with Crippen LogP contribution >= 0.6 is 7.80 Å². The van der Waals surface area contributed by atoms with Crippen LogP contribution in [0.1, 0.15) is 40.5 Å². The summed E-state index contributed by atoms with van der Waals surface area (Å²) in [6.45, 7) is 8.19. The first kappa shape index (κ1) is 17.8. The number of benzene rings is 1. The second kappa shape index (κ2) is 8.23. The van der Waals surface area contributed by atoms with E-state index < -0.39 is 18.9 Å². The van der Waals surface area contributed by atoms with Gasteiger partial charge in [0.15, 0.2) is 0 Å². The predicted octanol–water partition coefficient (Wildman–Crippen LogP) is 3.39. The fraction of sp³-hybridized carbons (Fsp3) is 0.562. The molecule has 1 aromatic carbocycles. The molecule has 5 heteroatoms. The first-order chi connectivity index (χ1) is 9.95. The van der Waals surface area contributed by atoms with Crippen LogP contribution in [0, 0.1) is 0 Å². The second-order valence-corrected chi connectivity index (χ2v) is 7.88. The largest absolute Gasteiger partial charge is 0.493 e. The van der Waals surface area contributed by atoms with E-state index in [2.05, 4.69) is 0 Å². The third kappa shape index (κ3) is 4.60. The van der Waals surface area contributed by atoms with E-state index in [1.54, 1.807) is 26.0 Å². The molecule has 0 aromatic heterocycles. The Hall–Kier alpha value is -1.28. The smallest absolute Gasteiger partial charge is 0.319 e. The van der Waals surface area contributed by atoms with Crippen LogP contribution in [0.25, 0.3) is 0 Å². The zero-order chi connectivity index (χ0) is 15.9. The first-order valence-corrected chi connectivity index (χ1v) is 8.79. The average molecular weight is 312 g/mol. The van der Waals surface area contributed by atoms with Crippen LogP contribution in [-0.4, -0.2) is 24.3 Å². The maximum absolute atomic E-state index is 12.9. The number of carbonyl (C=O) groups is 1. The van der Waals surface area contributed by atoms with Crippen LogP contribution in [0.2, 0.25) is 0 Å². The van der Waals surface area contributed by atoms with Crippen molar-refractivity contribution < 1.29 is 18.8 Å². The minimum atomic E-state index is -2.38. The topological polar surface area (TPSA) is 52.6 Å². The van der Waals surface area contributed by atoms with Crippen molar-refractivity contribution in [1.29, 1.82) is 0 Å². The summed E-state index contributed by atoms with van der Waals surface area (Å²) in [5, 5.41) is -0.430. The van der Waals surface area contributed by atoms with Crippen LogP contribution in [0.4, 0.5) is 0 Å². The van der Waals surface area contributed by atoms with E-state index in [9.17, 15) is 9.36 Å². The lowest BCUT2D eigenvalue weighted by Crippen LogP contribution is -2.33. The van der Waals surface area contributed by atoms with Crippen LogP contribution in [0.3, 0.4) is 0 Å². The molecule has 1 atom stereocenters. The lowest BCUT2D eigenvalue weighted by molar-refractivity contribution is -0.145. The van der Waals surface area contributed by atoms with Crippen molar-refractivity contribution in [3.8, 4) is 5.75 Å². The third-order valence-electron chi connectivity index (χ3n) is 3.11. The van der Waals surface area contributed by atoms with E-state index >= 15 is 0 Å². The standard InChI is InChI=1S/C16H25O4P/c1-5-11-19-13-9-7-8-10-14(13)21(18)16(3,4)15(17)20-12-6-2/h7-10,21H,5-6,11-12H2,1-4H3. The molecule has 0 N–H and O–H groups in total. The van der Waals surface area contributed by atoms with Gasteiger partial charge in [0.1, 0.15) is 18.7 Å². The van der Waals surface area contributed by atoms with Gasteiger partial charge in [-0.1, -0.05) is 26.0 Å². The van der Waals surface area contributed by atoms with Crippen molar-refractivity contribution in [3.63, 3.8) is 0 Å². The van der Waals surface area contributed by atoms with Gasteiger partial charge in [-0.3, -0.25) is 4.79 Å². The average Bonchev–Trinajstić information content (AvgIpc) is 2.49. The number of hydrogen-bond donors (Lipinski definition) is 0. The molecular formula is C16H25O4P. The van der Waals surface area contributed by atoms with Crippen LogP contribution in [0.15, 0.2) is 24.3 Å². The van der Waals surface area contributed by atoms with Crippen molar-refractivity contribution in [2.75, 3.05) is 13.2 Å². The summed E-state index contributed by atoms with van der Waals surface area (Å²) >= 11 is 0. The zero-order valence-corrected chi connectivity index (χ0v) is 14.3. The summed E-state index contributed by atoms with van der Waals surface area (Å²) in [5.74, 6) is 0.179. The third-order valence-corrected chi connectivity index (χ3v) is 5.35. The highest BCUT2D eigenvalue weighted by Gasteiger charge is 2.37. The molecule has 0 aliphatic carbocycles. The number of rotatable bonds is 8. The van der Waals surface area contributed by atoms with E-state index in [0.717, 1.165) is 12.8 Å². The van der Waals surface area contributed by atoms with E-state index in [0.29, 0.717) is 24.3 Å². The van der Waals surface area contributed by atoms with Crippen LogP contribution in [-0.2, 0) is 14.1 Å². The minimum absolute atomic E-state index is 0.353. The number of para-hydroxylation sites is 1. The molecular weight excluding hydrogens is 287 g/mol. The summed E-state index contributed by atoms with van der Waals surface area (Å²) in [5.41, 5.74) is 0. The number of hydrogen-bond acceptors (Lipinski definition) is 4. The molecule has 0 saturated carbocycles. The Morgan fingerprint density at radius 3 is 2.38 bits per heavy atom. The van der Waals surface area contributed by atoms with Crippen LogP contribution < -0.4 is 10.0 Å². The van der Waals surface area contributed by atoms with Gasteiger partial charge in [0.25, 0.3) is 0 Å². The van der Waals surface area contributed by atoms with Gasteiger partial charge in [-0.05, 0) is 38.8 Å². The Bertz CT molecular complexity index is 497. The highest BCUT2D eigenvalue weighted by molar-refractivity contribution is 7.56. The Balaban J connectivity index is 2.98. The van der Waals surface area contributed by atoms with Crippen molar-refractivity contribution in [3.05, 3.63) is 24.3 Å². The number of carbonyl (C=O) groups excluding carboxylic acids is 1. The van der Waals surface area contributed by atoms with Gasteiger partial charge < -0.3 is 14.0 Å². The zero-order valence-electron chi connectivity index (χ0n) is 13.3. The van der Waals surface area contributed by atoms with Crippen molar-refractivity contribution in [2.24, 2.45) is 0 Å². The van der Waals surface area contributed by atoms with E-state index in [1.807, 2.05) is 26.0 Å². The maximum Gasteiger partial charge on any atom is 0.319 e. The van der Waals surface area contributed by atoms with Gasteiger partial charge in [0, 0.05) is 0 Å². The van der Waals surface area contributed by atoms with Gasteiger partial charge in [0.2, 0.25) is 0 Å². The molecule has 1 aromatic rings. The molecule has 0 aliphatic heterocycles. The molecule has 0 spiro atoms. The molecule has 21 heavy (non-hydrogen) atoms. The molecule has 1 rings (SSSR count). The summed E-state index contributed by atoms with van der Waals surface area (Å²) in [4.78, 5) is 12.1. The molecule has 0 aliphatic rings. The van der Waals surface area contributed by atoms with Gasteiger partial charge in [0.05, 0.1) is 18.5 Å². The molecule has 0 amide bonds. The Kier molecular flexibility index (Phi) is 6.97. The lowest BCUT2D eigenvalue weighted by Gasteiger charge is -2.23. The van der Waals surface area contributed by atoms with Gasteiger partial charge >= 0.3 is 5.97 Å². The highest BCUT2D eigenvalue weighted by atomic mass is 31.1. The number of ether oxygens (including phenoxy) is 2. The van der Waals surface area contributed by atoms with Gasteiger partial charge in [-0.2, -0.15) is 0 Å². The molecule has 118 valence electrons. The monoisotopic (exact) mass is 312 g/mol. The Morgan fingerprint density at radius 2 is 1.76 bits per heavy atom. The van der Waals surface area contributed by atoms with E-state index in [-0.39, 0.29) is 0 Å². The van der Waals surface area contributed by atoms with Crippen LogP contribution in [0.5, 0.6) is 5.75 Å². The van der Waals surface area contributed by atoms with E-state index in [1.165, 1.54) is 0 Å². The molecule has 0 saturated heterocycles. The van der Waals surface area contributed by atoms with Crippen molar-refractivity contribution in [1.82, 2.24) is 0 Å². The van der Waals surface area contributed by atoms with E-state index in [4.69, 9.17) is 9.47 Å². The highest BCUT2D eigenvalue weighted by Crippen LogP contribution is 2.41. The number of esters is 1. The summed E-state index contributed by atoms with van der Waals surface area (Å²) in [6.07, 6.45) is 1.62. The molecule has 0 fully saturated rings. The lowest BCUT2D eigenvalue weighted by atomic mass is 10.2. The quantitative estimate of drug-likeness (QED) is 0.545. The molecule has 0 heterocycles. The fourth-order valence-corrected chi connectivity index (χ4v) is 3.35. The van der Waals surface area contributed by atoms with Crippen molar-refractivity contribution in [2.45, 2.75) is 45.7 Å². The van der Waals surface area contributed by atoms with Gasteiger partial charge in [-0.15, -0.1) is 0 Å². The molecule has 4 nitrogen and oxygen atoms in total. The predicted molar refractivity (Wildman–Crippen MR) is 86.2 cm³/mol. The first-order valence-electron chi connectivity index (χ1n) is 7.39. The fourth-order valence-electron chi connectivity index (χ4n) is 1.80. The minimum Gasteiger partial charge on any atom is -0.493 e. The normalized spacial score (nSPS) is 12.8.